The lowest BCUT2D eigenvalue weighted by atomic mass is 10.2. The summed E-state index contributed by atoms with van der Waals surface area (Å²) < 4.78 is 1.18. The van der Waals surface area contributed by atoms with Gasteiger partial charge in [0.2, 0.25) is 0 Å². The Morgan fingerprint density at radius 3 is 2.78 bits per heavy atom. The van der Waals surface area contributed by atoms with E-state index in [1.807, 2.05) is 30.5 Å². The van der Waals surface area contributed by atoms with Crippen LogP contribution >= 0.6 is 22.9 Å². The minimum atomic E-state index is 0.519. The molecule has 0 aliphatic rings. The molecule has 3 aromatic rings. The van der Waals surface area contributed by atoms with Crippen molar-refractivity contribution in [3.8, 4) is 10.6 Å². The lowest BCUT2D eigenvalue weighted by Gasteiger charge is -1.98. The highest BCUT2D eigenvalue weighted by atomic mass is 35.5. The van der Waals surface area contributed by atoms with E-state index in [4.69, 9.17) is 17.3 Å². The maximum Gasteiger partial charge on any atom is 0.0802 e. The SMILES string of the molecule is NCc1ccc(-c2cc3c(Cl)cccc3s2)nc1. The molecule has 2 nitrogen and oxygen atoms in total. The Kier molecular flexibility index (Phi) is 3.04. The van der Waals surface area contributed by atoms with Gasteiger partial charge in [-0.2, -0.15) is 0 Å². The van der Waals surface area contributed by atoms with E-state index in [0.29, 0.717) is 6.54 Å². The summed E-state index contributed by atoms with van der Waals surface area (Å²) in [5.74, 6) is 0. The van der Waals surface area contributed by atoms with E-state index in [1.165, 1.54) is 4.70 Å². The number of fused-ring (bicyclic) bond motifs is 1. The summed E-state index contributed by atoms with van der Waals surface area (Å²) in [7, 11) is 0. The van der Waals surface area contributed by atoms with Crippen molar-refractivity contribution in [3.05, 3.63) is 53.2 Å². The lowest BCUT2D eigenvalue weighted by Crippen LogP contribution is -1.96. The van der Waals surface area contributed by atoms with E-state index in [1.54, 1.807) is 11.3 Å². The third-order valence-corrected chi connectivity index (χ3v) is 4.27. The van der Waals surface area contributed by atoms with Gasteiger partial charge in [-0.15, -0.1) is 11.3 Å². The smallest absolute Gasteiger partial charge is 0.0802 e. The van der Waals surface area contributed by atoms with Crippen LogP contribution < -0.4 is 5.73 Å². The van der Waals surface area contributed by atoms with Gasteiger partial charge in [0.15, 0.2) is 0 Å². The van der Waals surface area contributed by atoms with Crippen LogP contribution in [0, 0.1) is 0 Å². The summed E-state index contributed by atoms with van der Waals surface area (Å²) in [6.07, 6.45) is 1.82. The molecule has 0 amide bonds. The minimum absolute atomic E-state index is 0.519. The van der Waals surface area contributed by atoms with Crippen LogP contribution in [0.4, 0.5) is 0 Å². The summed E-state index contributed by atoms with van der Waals surface area (Å²) in [5, 5.41) is 1.87. The van der Waals surface area contributed by atoms with Crippen molar-refractivity contribution < 1.29 is 0 Å². The summed E-state index contributed by atoms with van der Waals surface area (Å²) >= 11 is 7.88. The average molecular weight is 275 g/mol. The van der Waals surface area contributed by atoms with Gasteiger partial charge >= 0.3 is 0 Å². The van der Waals surface area contributed by atoms with Crippen LogP contribution in [0.2, 0.25) is 5.02 Å². The molecule has 0 bridgehead atoms. The fourth-order valence-electron chi connectivity index (χ4n) is 1.84. The van der Waals surface area contributed by atoms with Gasteiger partial charge in [-0.3, -0.25) is 4.98 Å². The molecule has 2 aromatic heterocycles. The molecule has 0 unspecified atom stereocenters. The van der Waals surface area contributed by atoms with Crippen molar-refractivity contribution in [2.75, 3.05) is 0 Å². The van der Waals surface area contributed by atoms with Gasteiger partial charge in [0.25, 0.3) is 0 Å². The number of hydrogen-bond donors (Lipinski definition) is 1. The van der Waals surface area contributed by atoms with Crippen molar-refractivity contribution in [1.82, 2.24) is 4.98 Å². The number of benzene rings is 1. The van der Waals surface area contributed by atoms with E-state index < -0.39 is 0 Å². The standard InChI is InChI=1S/C14H11ClN2S/c15-11-2-1-3-13-10(11)6-14(18-13)12-5-4-9(7-16)8-17-12/h1-6,8H,7,16H2. The number of pyridine rings is 1. The van der Waals surface area contributed by atoms with Gasteiger partial charge in [-0.25, -0.2) is 0 Å². The molecule has 0 aliphatic heterocycles. The van der Waals surface area contributed by atoms with Crippen LogP contribution in [0.5, 0.6) is 0 Å². The van der Waals surface area contributed by atoms with Gasteiger partial charge in [-0.05, 0) is 29.8 Å². The van der Waals surface area contributed by atoms with Gasteiger partial charge in [0, 0.05) is 27.9 Å². The summed E-state index contributed by atoms with van der Waals surface area (Å²) in [4.78, 5) is 5.56. The van der Waals surface area contributed by atoms with Crippen LogP contribution in [0.25, 0.3) is 20.7 Å². The molecular weight excluding hydrogens is 264 g/mol. The van der Waals surface area contributed by atoms with Crippen molar-refractivity contribution in [2.45, 2.75) is 6.54 Å². The fourth-order valence-corrected chi connectivity index (χ4v) is 3.19. The van der Waals surface area contributed by atoms with E-state index in [0.717, 1.165) is 26.5 Å². The van der Waals surface area contributed by atoms with E-state index in [-0.39, 0.29) is 0 Å². The number of hydrogen-bond acceptors (Lipinski definition) is 3. The molecule has 0 atom stereocenters. The fraction of sp³-hybridized carbons (Fsp3) is 0.0714. The second-order valence-corrected chi connectivity index (χ2v) is 5.51. The normalized spacial score (nSPS) is 11.0. The maximum absolute atomic E-state index is 6.18. The van der Waals surface area contributed by atoms with E-state index in [2.05, 4.69) is 17.1 Å². The molecule has 2 N–H and O–H groups in total. The first-order valence-electron chi connectivity index (χ1n) is 5.61. The molecule has 1 aromatic carbocycles. The number of nitrogens with zero attached hydrogens (tertiary/aromatic N) is 1. The average Bonchev–Trinajstić information content (AvgIpc) is 2.84. The Bertz CT molecular complexity index is 689. The minimum Gasteiger partial charge on any atom is -0.326 e. The number of halogens is 1. The Labute approximate surface area is 114 Å². The number of thiophene rings is 1. The van der Waals surface area contributed by atoms with Crippen LogP contribution in [-0.4, -0.2) is 4.98 Å². The first kappa shape index (κ1) is 11.7. The third-order valence-electron chi connectivity index (χ3n) is 2.82. The molecule has 18 heavy (non-hydrogen) atoms. The predicted octanol–water partition coefficient (Wildman–Crippen LogP) is 4.08. The second-order valence-electron chi connectivity index (χ2n) is 4.02. The van der Waals surface area contributed by atoms with Gasteiger partial charge < -0.3 is 5.73 Å². The van der Waals surface area contributed by atoms with Crippen molar-refractivity contribution in [3.63, 3.8) is 0 Å². The molecular formula is C14H11ClN2S. The van der Waals surface area contributed by atoms with E-state index in [9.17, 15) is 0 Å². The zero-order valence-corrected chi connectivity index (χ0v) is 11.1. The number of aromatic nitrogens is 1. The van der Waals surface area contributed by atoms with Crippen LogP contribution in [0.1, 0.15) is 5.56 Å². The number of rotatable bonds is 2. The lowest BCUT2D eigenvalue weighted by molar-refractivity contribution is 1.05. The first-order valence-corrected chi connectivity index (χ1v) is 6.81. The molecule has 0 spiro atoms. The van der Waals surface area contributed by atoms with Crippen molar-refractivity contribution >= 4 is 33.0 Å². The maximum atomic E-state index is 6.18. The monoisotopic (exact) mass is 274 g/mol. The quantitative estimate of drug-likeness (QED) is 0.765. The molecule has 0 saturated heterocycles. The first-order chi connectivity index (χ1) is 8.78. The van der Waals surface area contributed by atoms with Gasteiger partial charge in [0.1, 0.15) is 0 Å². The molecule has 0 aliphatic carbocycles. The van der Waals surface area contributed by atoms with Crippen LogP contribution in [0.15, 0.2) is 42.6 Å². The van der Waals surface area contributed by atoms with Gasteiger partial charge in [-0.1, -0.05) is 23.7 Å². The van der Waals surface area contributed by atoms with Crippen molar-refractivity contribution in [1.29, 1.82) is 0 Å². The summed E-state index contributed by atoms with van der Waals surface area (Å²) in [6, 6.07) is 12.0. The molecule has 0 radical (unpaired) electrons. The highest BCUT2D eigenvalue weighted by Gasteiger charge is 2.07. The topological polar surface area (TPSA) is 38.9 Å². The zero-order valence-electron chi connectivity index (χ0n) is 9.56. The largest absolute Gasteiger partial charge is 0.326 e. The third kappa shape index (κ3) is 2.01. The zero-order chi connectivity index (χ0) is 12.5. The Morgan fingerprint density at radius 1 is 1.22 bits per heavy atom. The van der Waals surface area contributed by atoms with E-state index >= 15 is 0 Å². The molecule has 0 fully saturated rings. The highest BCUT2D eigenvalue weighted by Crippen LogP contribution is 2.35. The molecule has 90 valence electrons. The Morgan fingerprint density at radius 2 is 2.11 bits per heavy atom. The van der Waals surface area contributed by atoms with Gasteiger partial charge in [0.05, 0.1) is 10.6 Å². The molecule has 2 heterocycles. The molecule has 4 heteroatoms. The Hall–Kier alpha value is -1.42. The molecule has 0 saturated carbocycles. The van der Waals surface area contributed by atoms with Crippen LogP contribution in [0.3, 0.4) is 0 Å². The second kappa shape index (κ2) is 4.69. The van der Waals surface area contributed by atoms with Crippen LogP contribution in [-0.2, 0) is 6.54 Å². The molecule has 3 rings (SSSR count). The Balaban J connectivity index is 2.10. The number of nitrogens with two attached hydrogens (primary N) is 1. The summed E-state index contributed by atoms with van der Waals surface area (Å²) in [5.41, 5.74) is 7.57. The summed E-state index contributed by atoms with van der Waals surface area (Å²) in [6.45, 7) is 0.519. The predicted molar refractivity (Wildman–Crippen MR) is 78.0 cm³/mol. The highest BCUT2D eigenvalue weighted by molar-refractivity contribution is 7.22. The van der Waals surface area contributed by atoms with Crippen molar-refractivity contribution in [2.24, 2.45) is 5.73 Å².